The molecular weight excluding hydrogens is 384 g/mol. The standard InChI is InChI=1S/C22H34N4O4/c1-16(2)14-19(21(23)28)25-22(29)18(9-8-17-6-4-3-5-7-17)24-20(27)15-26-10-12-30-13-11-26/h3-7,16,18-19H,8-15H2,1-2H3,(H2,23,28)(H,24,27)(H,25,29)/t18-,19?/m0/s1. The van der Waals surface area contributed by atoms with E-state index in [1.54, 1.807) is 0 Å². The number of nitrogens with zero attached hydrogens (tertiary/aromatic N) is 1. The number of hydrogen-bond acceptors (Lipinski definition) is 5. The zero-order valence-electron chi connectivity index (χ0n) is 17.9. The van der Waals surface area contributed by atoms with Crippen molar-refractivity contribution in [2.45, 2.75) is 45.2 Å². The van der Waals surface area contributed by atoms with E-state index in [-0.39, 0.29) is 24.3 Å². The van der Waals surface area contributed by atoms with Gasteiger partial charge in [-0.15, -0.1) is 0 Å². The van der Waals surface area contributed by atoms with Gasteiger partial charge in [-0.1, -0.05) is 44.2 Å². The van der Waals surface area contributed by atoms with Gasteiger partial charge in [-0.05, 0) is 30.7 Å². The Morgan fingerprint density at radius 3 is 2.33 bits per heavy atom. The van der Waals surface area contributed by atoms with E-state index in [1.807, 2.05) is 49.1 Å². The molecule has 30 heavy (non-hydrogen) atoms. The number of aryl methyl sites for hydroxylation is 1. The van der Waals surface area contributed by atoms with Crippen molar-refractivity contribution < 1.29 is 19.1 Å². The summed E-state index contributed by atoms with van der Waals surface area (Å²) < 4.78 is 5.30. The predicted octanol–water partition coefficient (Wildman–Crippen LogP) is 0.452. The van der Waals surface area contributed by atoms with Crippen molar-refractivity contribution in [2.24, 2.45) is 11.7 Å². The second-order valence-corrected chi connectivity index (χ2v) is 8.13. The quantitative estimate of drug-likeness (QED) is 0.483. The van der Waals surface area contributed by atoms with Gasteiger partial charge in [0.2, 0.25) is 17.7 Å². The van der Waals surface area contributed by atoms with Crippen LogP contribution in [0.4, 0.5) is 0 Å². The summed E-state index contributed by atoms with van der Waals surface area (Å²) in [5.41, 5.74) is 6.54. The van der Waals surface area contributed by atoms with E-state index in [0.29, 0.717) is 45.6 Å². The second kappa shape index (κ2) is 12.3. The molecular formula is C22H34N4O4. The first-order valence-electron chi connectivity index (χ1n) is 10.6. The Bertz CT molecular complexity index is 690. The highest BCUT2D eigenvalue weighted by Crippen LogP contribution is 2.08. The molecule has 8 heteroatoms. The van der Waals surface area contributed by atoms with E-state index in [4.69, 9.17) is 10.5 Å². The lowest BCUT2D eigenvalue weighted by Crippen LogP contribution is -2.54. The Morgan fingerprint density at radius 1 is 1.07 bits per heavy atom. The average Bonchev–Trinajstić information content (AvgIpc) is 2.71. The van der Waals surface area contributed by atoms with Crippen molar-refractivity contribution in [3.8, 4) is 0 Å². The molecule has 0 aromatic heterocycles. The maximum Gasteiger partial charge on any atom is 0.243 e. The summed E-state index contributed by atoms with van der Waals surface area (Å²) in [5, 5.41) is 5.58. The van der Waals surface area contributed by atoms with Crippen molar-refractivity contribution in [2.75, 3.05) is 32.8 Å². The van der Waals surface area contributed by atoms with Gasteiger partial charge in [0.05, 0.1) is 19.8 Å². The zero-order valence-corrected chi connectivity index (χ0v) is 17.9. The summed E-state index contributed by atoms with van der Waals surface area (Å²) in [6, 6.07) is 8.27. The summed E-state index contributed by atoms with van der Waals surface area (Å²) in [6.07, 6.45) is 1.51. The maximum absolute atomic E-state index is 12.9. The van der Waals surface area contributed by atoms with Crippen LogP contribution < -0.4 is 16.4 Å². The first kappa shape index (κ1) is 23.8. The van der Waals surface area contributed by atoms with E-state index in [9.17, 15) is 14.4 Å². The Kier molecular flexibility index (Phi) is 9.76. The monoisotopic (exact) mass is 418 g/mol. The minimum Gasteiger partial charge on any atom is -0.379 e. The lowest BCUT2D eigenvalue weighted by Gasteiger charge is -2.27. The van der Waals surface area contributed by atoms with Crippen LogP contribution in [0.25, 0.3) is 0 Å². The van der Waals surface area contributed by atoms with Crippen molar-refractivity contribution in [3.05, 3.63) is 35.9 Å². The first-order valence-corrected chi connectivity index (χ1v) is 10.6. The molecule has 0 saturated carbocycles. The molecule has 2 rings (SSSR count). The Balaban J connectivity index is 2.01. The van der Waals surface area contributed by atoms with Crippen LogP contribution >= 0.6 is 0 Å². The molecule has 1 fully saturated rings. The smallest absolute Gasteiger partial charge is 0.243 e. The summed E-state index contributed by atoms with van der Waals surface area (Å²) in [4.78, 5) is 39.2. The lowest BCUT2D eigenvalue weighted by molar-refractivity contribution is -0.132. The van der Waals surface area contributed by atoms with E-state index >= 15 is 0 Å². The summed E-state index contributed by atoms with van der Waals surface area (Å²) in [7, 11) is 0. The normalized spacial score (nSPS) is 16.6. The van der Waals surface area contributed by atoms with E-state index in [2.05, 4.69) is 10.6 Å². The number of benzene rings is 1. The van der Waals surface area contributed by atoms with Crippen molar-refractivity contribution in [1.29, 1.82) is 0 Å². The van der Waals surface area contributed by atoms with Crippen molar-refractivity contribution in [1.82, 2.24) is 15.5 Å². The SMILES string of the molecule is CC(C)CC(NC(=O)[C@H](CCc1ccccc1)NC(=O)CN1CCOCC1)C(N)=O. The molecule has 166 valence electrons. The van der Waals surface area contributed by atoms with Gasteiger partial charge in [-0.2, -0.15) is 0 Å². The van der Waals surface area contributed by atoms with Crippen LogP contribution in [0.1, 0.15) is 32.3 Å². The number of hydrogen-bond donors (Lipinski definition) is 3. The molecule has 0 spiro atoms. The Labute approximate surface area is 178 Å². The minimum atomic E-state index is -0.757. The lowest BCUT2D eigenvalue weighted by atomic mass is 10.0. The summed E-state index contributed by atoms with van der Waals surface area (Å²) >= 11 is 0. The number of primary amides is 1. The fourth-order valence-electron chi connectivity index (χ4n) is 3.42. The third-order valence-corrected chi connectivity index (χ3v) is 5.05. The zero-order chi connectivity index (χ0) is 21.9. The highest BCUT2D eigenvalue weighted by Gasteiger charge is 2.26. The van der Waals surface area contributed by atoms with Gasteiger partial charge in [0.25, 0.3) is 0 Å². The Hall–Kier alpha value is -2.45. The number of morpholine rings is 1. The number of ether oxygens (including phenoxy) is 1. The topological polar surface area (TPSA) is 114 Å². The molecule has 8 nitrogen and oxygen atoms in total. The van der Waals surface area contributed by atoms with Crippen LogP contribution in [0.5, 0.6) is 0 Å². The summed E-state index contributed by atoms with van der Waals surface area (Å²) in [6.45, 7) is 6.70. The molecule has 1 unspecified atom stereocenters. The summed E-state index contributed by atoms with van der Waals surface area (Å²) in [5.74, 6) is -0.977. The number of rotatable bonds is 11. The largest absolute Gasteiger partial charge is 0.379 e. The molecule has 1 heterocycles. The molecule has 1 aliphatic rings. The Morgan fingerprint density at radius 2 is 1.73 bits per heavy atom. The average molecular weight is 419 g/mol. The van der Waals surface area contributed by atoms with Gasteiger partial charge >= 0.3 is 0 Å². The molecule has 0 aliphatic carbocycles. The van der Waals surface area contributed by atoms with Gasteiger partial charge in [-0.3, -0.25) is 19.3 Å². The molecule has 4 N–H and O–H groups in total. The predicted molar refractivity (Wildman–Crippen MR) is 115 cm³/mol. The molecule has 0 radical (unpaired) electrons. The molecule has 1 saturated heterocycles. The van der Waals surface area contributed by atoms with Gasteiger partial charge in [0.15, 0.2) is 0 Å². The number of carbonyl (C=O) groups excluding carboxylic acids is 3. The van der Waals surface area contributed by atoms with Gasteiger partial charge in [-0.25, -0.2) is 0 Å². The van der Waals surface area contributed by atoms with Gasteiger partial charge in [0.1, 0.15) is 12.1 Å². The molecule has 2 atom stereocenters. The number of nitrogens with two attached hydrogens (primary N) is 1. The molecule has 3 amide bonds. The first-order chi connectivity index (χ1) is 14.3. The van der Waals surface area contributed by atoms with Crippen LogP contribution in [-0.2, 0) is 25.5 Å². The third-order valence-electron chi connectivity index (χ3n) is 5.05. The van der Waals surface area contributed by atoms with Gasteiger partial charge in [0, 0.05) is 13.1 Å². The van der Waals surface area contributed by atoms with Crippen LogP contribution in [-0.4, -0.2) is 67.6 Å². The molecule has 1 aromatic carbocycles. The van der Waals surface area contributed by atoms with Gasteiger partial charge < -0.3 is 21.1 Å². The van der Waals surface area contributed by atoms with Crippen LogP contribution in [0.2, 0.25) is 0 Å². The minimum absolute atomic E-state index is 0.196. The fraction of sp³-hybridized carbons (Fsp3) is 0.591. The van der Waals surface area contributed by atoms with Crippen molar-refractivity contribution in [3.63, 3.8) is 0 Å². The highest BCUT2D eigenvalue weighted by atomic mass is 16.5. The second-order valence-electron chi connectivity index (χ2n) is 8.13. The molecule has 0 bridgehead atoms. The molecule has 1 aromatic rings. The number of amides is 3. The van der Waals surface area contributed by atoms with Crippen LogP contribution in [0, 0.1) is 5.92 Å². The van der Waals surface area contributed by atoms with Crippen LogP contribution in [0.15, 0.2) is 30.3 Å². The van der Waals surface area contributed by atoms with Crippen molar-refractivity contribution >= 4 is 17.7 Å². The van der Waals surface area contributed by atoms with E-state index in [1.165, 1.54) is 0 Å². The van der Waals surface area contributed by atoms with E-state index in [0.717, 1.165) is 5.56 Å². The number of nitrogens with one attached hydrogen (secondary N) is 2. The number of carbonyl (C=O) groups is 3. The van der Waals surface area contributed by atoms with E-state index < -0.39 is 18.0 Å². The fourth-order valence-corrected chi connectivity index (χ4v) is 3.42. The highest BCUT2D eigenvalue weighted by molar-refractivity contribution is 5.91. The molecule has 1 aliphatic heterocycles. The third kappa shape index (κ3) is 8.51. The van der Waals surface area contributed by atoms with Crippen LogP contribution in [0.3, 0.4) is 0 Å². The maximum atomic E-state index is 12.9.